The molecule has 0 aromatic rings. The highest BCUT2D eigenvalue weighted by atomic mass is 16.5. The SMILES string of the molecule is CCNC1(C(=O)OC)CCCC1CCOCC1CCOC1. The number of hydrogen-bond donors (Lipinski definition) is 1. The topological polar surface area (TPSA) is 56.8 Å². The Kier molecular flexibility index (Phi) is 6.45. The maximum atomic E-state index is 12.2. The quantitative estimate of drug-likeness (QED) is 0.546. The van der Waals surface area contributed by atoms with Crippen molar-refractivity contribution in [3.8, 4) is 0 Å². The fourth-order valence-electron chi connectivity index (χ4n) is 3.73. The summed E-state index contributed by atoms with van der Waals surface area (Å²) in [7, 11) is 1.48. The third-order valence-electron chi connectivity index (χ3n) is 4.85. The van der Waals surface area contributed by atoms with Crippen LogP contribution in [0.4, 0.5) is 0 Å². The molecule has 1 heterocycles. The van der Waals surface area contributed by atoms with E-state index in [1.807, 2.05) is 6.92 Å². The highest BCUT2D eigenvalue weighted by Crippen LogP contribution is 2.39. The van der Waals surface area contributed by atoms with Crippen molar-refractivity contribution in [1.29, 1.82) is 0 Å². The molecule has 0 bridgehead atoms. The molecule has 0 aromatic carbocycles. The number of likely N-dealkylation sites (N-methyl/N-ethyl adjacent to an activating group) is 1. The first-order chi connectivity index (χ1) is 10.2. The number of hydrogen-bond acceptors (Lipinski definition) is 5. The monoisotopic (exact) mass is 299 g/mol. The van der Waals surface area contributed by atoms with Gasteiger partial charge in [-0.3, -0.25) is 4.79 Å². The lowest BCUT2D eigenvalue weighted by Gasteiger charge is -2.33. The van der Waals surface area contributed by atoms with Gasteiger partial charge in [-0.05, 0) is 38.1 Å². The van der Waals surface area contributed by atoms with Gasteiger partial charge in [0.15, 0.2) is 0 Å². The number of methoxy groups -OCH3 is 1. The number of nitrogens with one attached hydrogen (secondary N) is 1. The molecule has 2 fully saturated rings. The maximum Gasteiger partial charge on any atom is 0.326 e. The van der Waals surface area contributed by atoms with E-state index in [4.69, 9.17) is 14.2 Å². The second kappa shape index (κ2) is 8.11. The van der Waals surface area contributed by atoms with Gasteiger partial charge in [0.05, 0.1) is 20.3 Å². The van der Waals surface area contributed by atoms with Gasteiger partial charge in [0.1, 0.15) is 5.54 Å². The summed E-state index contributed by atoms with van der Waals surface area (Å²) in [4.78, 5) is 12.2. The van der Waals surface area contributed by atoms with Crippen molar-refractivity contribution in [3.63, 3.8) is 0 Å². The van der Waals surface area contributed by atoms with E-state index < -0.39 is 5.54 Å². The summed E-state index contributed by atoms with van der Waals surface area (Å²) < 4.78 is 16.2. The maximum absolute atomic E-state index is 12.2. The van der Waals surface area contributed by atoms with Crippen molar-refractivity contribution < 1.29 is 19.0 Å². The van der Waals surface area contributed by atoms with Crippen LogP contribution in [0.2, 0.25) is 0 Å². The van der Waals surface area contributed by atoms with Crippen LogP contribution >= 0.6 is 0 Å². The van der Waals surface area contributed by atoms with Crippen LogP contribution in [0.5, 0.6) is 0 Å². The van der Waals surface area contributed by atoms with Crippen LogP contribution in [0.15, 0.2) is 0 Å². The van der Waals surface area contributed by atoms with Crippen LogP contribution in [0.25, 0.3) is 0 Å². The Hall–Kier alpha value is -0.650. The van der Waals surface area contributed by atoms with Crippen LogP contribution in [0.1, 0.15) is 39.0 Å². The standard InChI is InChI=1S/C16H29NO4/c1-3-17-16(15(18)19-2)8-4-5-14(16)7-10-21-12-13-6-9-20-11-13/h13-14,17H,3-12H2,1-2H3. The minimum Gasteiger partial charge on any atom is -0.468 e. The summed E-state index contributed by atoms with van der Waals surface area (Å²) in [6.07, 6.45) is 5.03. The number of carbonyl (C=O) groups is 1. The summed E-state index contributed by atoms with van der Waals surface area (Å²) in [6.45, 7) is 6.00. The summed E-state index contributed by atoms with van der Waals surface area (Å²) in [6, 6.07) is 0. The average Bonchev–Trinajstić information content (AvgIpc) is 3.13. The van der Waals surface area contributed by atoms with E-state index in [2.05, 4.69) is 5.32 Å². The normalized spacial score (nSPS) is 32.5. The Balaban J connectivity index is 1.80. The zero-order valence-electron chi connectivity index (χ0n) is 13.4. The average molecular weight is 299 g/mol. The Morgan fingerprint density at radius 3 is 2.95 bits per heavy atom. The van der Waals surface area contributed by atoms with Gasteiger partial charge < -0.3 is 19.5 Å². The van der Waals surface area contributed by atoms with Crippen LogP contribution in [0, 0.1) is 11.8 Å². The lowest BCUT2D eigenvalue weighted by molar-refractivity contribution is -0.150. The molecule has 1 aliphatic carbocycles. The Bertz CT molecular complexity index is 330. The van der Waals surface area contributed by atoms with Gasteiger partial charge in [-0.25, -0.2) is 0 Å². The first kappa shape index (κ1) is 16.7. The third kappa shape index (κ3) is 3.96. The van der Waals surface area contributed by atoms with E-state index >= 15 is 0 Å². The zero-order chi connectivity index (χ0) is 15.1. The predicted octanol–water partition coefficient (Wildman–Crippen LogP) is 1.75. The molecule has 1 N–H and O–H groups in total. The molecule has 0 spiro atoms. The summed E-state index contributed by atoms with van der Waals surface area (Å²) in [5.74, 6) is 0.744. The fourth-order valence-corrected chi connectivity index (χ4v) is 3.73. The largest absolute Gasteiger partial charge is 0.468 e. The Labute approximate surface area is 127 Å². The molecule has 2 aliphatic rings. The molecule has 21 heavy (non-hydrogen) atoms. The summed E-state index contributed by atoms with van der Waals surface area (Å²) >= 11 is 0. The number of carbonyl (C=O) groups excluding carboxylic acids is 1. The molecule has 0 radical (unpaired) electrons. The van der Waals surface area contributed by atoms with E-state index in [0.717, 1.165) is 58.5 Å². The first-order valence-electron chi connectivity index (χ1n) is 8.22. The van der Waals surface area contributed by atoms with Crippen molar-refractivity contribution in [1.82, 2.24) is 5.32 Å². The van der Waals surface area contributed by atoms with Gasteiger partial charge >= 0.3 is 5.97 Å². The lowest BCUT2D eigenvalue weighted by Crippen LogP contribution is -2.55. The highest BCUT2D eigenvalue weighted by molar-refractivity contribution is 5.81. The van der Waals surface area contributed by atoms with Crippen LogP contribution < -0.4 is 5.32 Å². The minimum atomic E-state index is -0.497. The van der Waals surface area contributed by atoms with Crippen molar-refractivity contribution >= 4 is 5.97 Å². The van der Waals surface area contributed by atoms with Gasteiger partial charge in [-0.15, -0.1) is 0 Å². The molecular formula is C16H29NO4. The molecule has 2 rings (SSSR count). The predicted molar refractivity (Wildman–Crippen MR) is 80.1 cm³/mol. The van der Waals surface area contributed by atoms with Crippen LogP contribution in [0.3, 0.4) is 0 Å². The third-order valence-corrected chi connectivity index (χ3v) is 4.85. The molecule has 0 aromatic heterocycles. The molecule has 5 nitrogen and oxygen atoms in total. The van der Waals surface area contributed by atoms with Gasteiger partial charge in [0, 0.05) is 19.1 Å². The van der Waals surface area contributed by atoms with Crippen molar-refractivity contribution in [2.24, 2.45) is 11.8 Å². The van der Waals surface area contributed by atoms with Gasteiger partial charge in [0.25, 0.3) is 0 Å². The van der Waals surface area contributed by atoms with Gasteiger partial charge in [-0.2, -0.15) is 0 Å². The Morgan fingerprint density at radius 2 is 2.29 bits per heavy atom. The van der Waals surface area contributed by atoms with E-state index in [9.17, 15) is 4.79 Å². The van der Waals surface area contributed by atoms with Gasteiger partial charge in [-0.1, -0.05) is 13.3 Å². The fraction of sp³-hybridized carbons (Fsp3) is 0.938. The zero-order valence-corrected chi connectivity index (χ0v) is 13.4. The van der Waals surface area contributed by atoms with Crippen molar-refractivity contribution in [2.75, 3.05) is 40.1 Å². The van der Waals surface area contributed by atoms with E-state index in [0.29, 0.717) is 18.4 Å². The second-order valence-electron chi connectivity index (χ2n) is 6.18. The van der Waals surface area contributed by atoms with Crippen LogP contribution in [-0.2, 0) is 19.0 Å². The molecule has 122 valence electrons. The summed E-state index contributed by atoms with van der Waals surface area (Å²) in [5.41, 5.74) is -0.497. The van der Waals surface area contributed by atoms with Crippen molar-refractivity contribution in [3.05, 3.63) is 0 Å². The van der Waals surface area contributed by atoms with E-state index in [-0.39, 0.29) is 5.97 Å². The molecule has 1 saturated carbocycles. The number of esters is 1. The first-order valence-corrected chi connectivity index (χ1v) is 8.22. The van der Waals surface area contributed by atoms with Crippen LogP contribution in [-0.4, -0.2) is 51.6 Å². The molecule has 1 saturated heterocycles. The number of rotatable bonds is 8. The smallest absolute Gasteiger partial charge is 0.326 e. The molecule has 5 heteroatoms. The Morgan fingerprint density at radius 1 is 1.43 bits per heavy atom. The molecule has 0 amide bonds. The molecule has 3 atom stereocenters. The van der Waals surface area contributed by atoms with E-state index in [1.54, 1.807) is 0 Å². The molecular weight excluding hydrogens is 270 g/mol. The van der Waals surface area contributed by atoms with Crippen molar-refractivity contribution in [2.45, 2.75) is 44.6 Å². The minimum absolute atomic E-state index is 0.115. The summed E-state index contributed by atoms with van der Waals surface area (Å²) in [5, 5.41) is 3.39. The lowest BCUT2D eigenvalue weighted by atomic mass is 9.84. The molecule has 3 unspecified atom stereocenters. The highest BCUT2D eigenvalue weighted by Gasteiger charge is 2.48. The van der Waals surface area contributed by atoms with E-state index in [1.165, 1.54) is 7.11 Å². The van der Waals surface area contributed by atoms with Gasteiger partial charge in [0.2, 0.25) is 0 Å². The molecule has 1 aliphatic heterocycles. The second-order valence-corrected chi connectivity index (χ2v) is 6.18. The number of ether oxygens (including phenoxy) is 3.